The average molecular weight is 287 g/mol. The number of aryl methyl sites for hydroxylation is 2. The predicted octanol–water partition coefficient (Wildman–Crippen LogP) is 4.05. The topological polar surface area (TPSA) is 34.4 Å². The third kappa shape index (κ3) is 3.88. The van der Waals surface area contributed by atoms with Gasteiger partial charge in [0.1, 0.15) is 17.3 Å². The van der Waals surface area contributed by atoms with Crippen LogP contribution in [0.4, 0.5) is 0 Å². The van der Waals surface area contributed by atoms with Crippen molar-refractivity contribution in [3.63, 3.8) is 0 Å². The fourth-order valence-electron chi connectivity index (χ4n) is 2.58. The van der Waals surface area contributed by atoms with Gasteiger partial charge >= 0.3 is 0 Å². The first-order chi connectivity index (χ1) is 10.2. The number of hydrogen-bond acceptors (Lipinski definition) is 3. The molecule has 0 aliphatic rings. The highest BCUT2D eigenvalue weighted by Crippen LogP contribution is 2.27. The van der Waals surface area contributed by atoms with E-state index in [1.165, 1.54) is 11.1 Å². The molecule has 1 unspecified atom stereocenters. The zero-order valence-corrected chi connectivity index (χ0v) is 13.4. The van der Waals surface area contributed by atoms with Crippen molar-refractivity contribution in [2.24, 2.45) is 0 Å². The summed E-state index contributed by atoms with van der Waals surface area (Å²) >= 11 is 0. The molecule has 0 saturated carbocycles. The molecule has 1 aromatic heterocycles. The Morgan fingerprint density at radius 3 is 2.62 bits per heavy atom. The van der Waals surface area contributed by atoms with E-state index >= 15 is 0 Å². The number of furan rings is 1. The minimum absolute atomic E-state index is 0.172. The summed E-state index contributed by atoms with van der Waals surface area (Å²) < 4.78 is 11.4. The lowest BCUT2D eigenvalue weighted by molar-refractivity contribution is 0.383. The van der Waals surface area contributed by atoms with E-state index < -0.39 is 0 Å². The largest absolute Gasteiger partial charge is 0.496 e. The molecule has 1 N–H and O–H groups in total. The molecule has 0 aliphatic heterocycles. The van der Waals surface area contributed by atoms with Gasteiger partial charge in [-0.05, 0) is 43.7 Å². The fourth-order valence-corrected chi connectivity index (χ4v) is 2.58. The Morgan fingerprint density at radius 2 is 2.00 bits per heavy atom. The van der Waals surface area contributed by atoms with Crippen LogP contribution in [0.2, 0.25) is 0 Å². The summed E-state index contributed by atoms with van der Waals surface area (Å²) in [5.41, 5.74) is 2.45. The van der Waals surface area contributed by atoms with E-state index in [0.717, 1.165) is 36.7 Å². The van der Waals surface area contributed by atoms with E-state index in [2.05, 4.69) is 50.4 Å². The monoisotopic (exact) mass is 287 g/mol. The summed E-state index contributed by atoms with van der Waals surface area (Å²) in [6.45, 7) is 7.23. The standard InChI is InChI=1S/C18H25NO2/c1-5-15-8-10-18(21-15)16(19-6-2)12-14-11-13(3)7-9-17(14)20-4/h7-11,16,19H,5-6,12H2,1-4H3. The highest BCUT2D eigenvalue weighted by molar-refractivity contribution is 5.38. The van der Waals surface area contributed by atoms with Crippen molar-refractivity contribution in [3.05, 3.63) is 53.0 Å². The molecule has 2 aromatic rings. The van der Waals surface area contributed by atoms with E-state index in [0.29, 0.717) is 0 Å². The lowest BCUT2D eigenvalue weighted by Crippen LogP contribution is -2.22. The van der Waals surface area contributed by atoms with Crippen LogP contribution in [-0.2, 0) is 12.8 Å². The number of hydrogen-bond donors (Lipinski definition) is 1. The quantitative estimate of drug-likeness (QED) is 0.834. The maximum Gasteiger partial charge on any atom is 0.122 e. The average Bonchev–Trinajstić information content (AvgIpc) is 2.96. The normalized spacial score (nSPS) is 12.4. The van der Waals surface area contributed by atoms with Crippen molar-refractivity contribution in [2.45, 2.75) is 39.7 Å². The molecule has 1 atom stereocenters. The summed E-state index contributed by atoms with van der Waals surface area (Å²) in [4.78, 5) is 0. The van der Waals surface area contributed by atoms with Gasteiger partial charge in [-0.15, -0.1) is 0 Å². The zero-order chi connectivity index (χ0) is 15.2. The van der Waals surface area contributed by atoms with E-state index in [-0.39, 0.29) is 6.04 Å². The number of methoxy groups -OCH3 is 1. The van der Waals surface area contributed by atoms with Crippen LogP contribution < -0.4 is 10.1 Å². The molecule has 0 bridgehead atoms. The summed E-state index contributed by atoms with van der Waals surface area (Å²) in [7, 11) is 1.72. The number of benzene rings is 1. The maximum atomic E-state index is 5.92. The SMILES string of the molecule is CCNC(Cc1cc(C)ccc1OC)c1ccc(CC)o1. The van der Waals surface area contributed by atoms with E-state index in [1.54, 1.807) is 7.11 Å². The first-order valence-corrected chi connectivity index (χ1v) is 7.63. The van der Waals surface area contributed by atoms with Gasteiger partial charge in [0.25, 0.3) is 0 Å². The second-order valence-corrected chi connectivity index (χ2v) is 5.29. The minimum Gasteiger partial charge on any atom is -0.496 e. The predicted molar refractivity (Wildman–Crippen MR) is 85.9 cm³/mol. The number of rotatable bonds is 7. The van der Waals surface area contributed by atoms with Gasteiger partial charge in [0.2, 0.25) is 0 Å². The zero-order valence-electron chi connectivity index (χ0n) is 13.4. The number of nitrogens with one attached hydrogen (secondary N) is 1. The lowest BCUT2D eigenvalue weighted by atomic mass is 10.0. The van der Waals surface area contributed by atoms with Gasteiger partial charge in [0.15, 0.2) is 0 Å². The first-order valence-electron chi connectivity index (χ1n) is 7.63. The van der Waals surface area contributed by atoms with Crippen molar-refractivity contribution in [2.75, 3.05) is 13.7 Å². The molecule has 3 nitrogen and oxygen atoms in total. The van der Waals surface area contributed by atoms with Gasteiger partial charge in [-0.1, -0.05) is 31.5 Å². The summed E-state index contributed by atoms with van der Waals surface area (Å²) in [6.07, 6.45) is 1.78. The Balaban J connectivity index is 2.25. The summed E-state index contributed by atoms with van der Waals surface area (Å²) in [5.74, 6) is 2.96. The van der Waals surface area contributed by atoms with Crippen LogP contribution in [-0.4, -0.2) is 13.7 Å². The molecule has 0 radical (unpaired) electrons. The van der Waals surface area contributed by atoms with Crippen molar-refractivity contribution in [1.82, 2.24) is 5.32 Å². The van der Waals surface area contributed by atoms with Gasteiger partial charge in [-0.3, -0.25) is 0 Å². The van der Waals surface area contributed by atoms with Gasteiger partial charge in [0.05, 0.1) is 13.2 Å². The molecule has 1 heterocycles. The second kappa shape index (κ2) is 7.32. The lowest BCUT2D eigenvalue weighted by Gasteiger charge is -2.18. The Kier molecular flexibility index (Phi) is 5.45. The Hall–Kier alpha value is -1.74. The highest BCUT2D eigenvalue weighted by Gasteiger charge is 2.17. The molecular formula is C18H25NO2. The van der Waals surface area contributed by atoms with Crippen LogP contribution in [0.15, 0.2) is 34.7 Å². The van der Waals surface area contributed by atoms with Gasteiger partial charge in [-0.25, -0.2) is 0 Å². The number of ether oxygens (including phenoxy) is 1. The molecule has 0 spiro atoms. The van der Waals surface area contributed by atoms with Crippen LogP contribution in [0, 0.1) is 6.92 Å². The third-order valence-electron chi connectivity index (χ3n) is 3.68. The van der Waals surface area contributed by atoms with Crippen LogP contribution in [0.3, 0.4) is 0 Å². The fraction of sp³-hybridized carbons (Fsp3) is 0.444. The molecule has 114 valence electrons. The Bertz CT molecular complexity index is 574. The Labute approximate surface area is 127 Å². The molecule has 21 heavy (non-hydrogen) atoms. The highest BCUT2D eigenvalue weighted by atomic mass is 16.5. The smallest absolute Gasteiger partial charge is 0.122 e. The summed E-state index contributed by atoms with van der Waals surface area (Å²) in [6, 6.07) is 10.6. The van der Waals surface area contributed by atoms with Crippen LogP contribution in [0.5, 0.6) is 5.75 Å². The van der Waals surface area contributed by atoms with Crippen LogP contribution in [0.1, 0.15) is 42.5 Å². The van der Waals surface area contributed by atoms with Crippen molar-refractivity contribution < 1.29 is 9.15 Å². The van der Waals surface area contributed by atoms with E-state index in [9.17, 15) is 0 Å². The van der Waals surface area contributed by atoms with Crippen molar-refractivity contribution in [1.29, 1.82) is 0 Å². The minimum atomic E-state index is 0.172. The van der Waals surface area contributed by atoms with Gasteiger partial charge < -0.3 is 14.5 Å². The van der Waals surface area contributed by atoms with Crippen molar-refractivity contribution >= 4 is 0 Å². The molecule has 0 amide bonds. The molecular weight excluding hydrogens is 262 g/mol. The van der Waals surface area contributed by atoms with Crippen molar-refractivity contribution in [3.8, 4) is 5.75 Å². The van der Waals surface area contributed by atoms with E-state index in [1.807, 2.05) is 6.07 Å². The van der Waals surface area contributed by atoms with E-state index in [4.69, 9.17) is 9.15 Å². The molecule has 1 aromatic carbocycles. The molecule has 2 rings (SSSR count). The first kappa shape index (κ1) is 15.6. The van der Waals surface area contributed by atoms with Crippen LogP contribution in [0.25, 0.3) is 0 Å². The van der Waals surface area contributed by atoms with Crippen LogP contribution >= 0.6 is 0 Å². The summed E-state index contributed by atoms with van der Waals surface area (Å²) in [5, 5.41) is 3.51. The molecule has 0 saturated heterocycles. The molecule has 0 fully saturated rings. The third-order valence-corrected chi connectivity index (χ3v) is 3.68. The second-order valence-electron chi connectivity index (χ2n) is 5.29. The molecule has 3 heteroatoms. The number of likely N-dealkylation sites (N-methyl/N-ethyl adjacent to an activating group) is 1. The Morgan fingerprint density at radius 1 is 1.19 bits per heavy atom. The maximum absolute atomic E-state index is 5.92. The molecule has 0 aliphatic carbocycles. The van der Waals surface area contributed by atoms with Gasteiger partial charge in [0, 0.05) is 6.42 Å². The van der Waals surface area contributed by atoms with Gasteiger partial charge in [-0.2, -0.15) is 0 Å².